The van der Waals surface area contributed by atoms with Crippen LogP contribution in [0.4, 0.5) is 0 Å². The zero-order valence-corrected chi connectivity index (χ0v) is 13.4. The molecule has 0 radical (unpaired) electrons. The van der Waals surface area contributed by atoms with Gasteiger partial charge in [-0.1, -0.05) is 75.2 Å². The molecule has 1 heteroatoms. The van der Waals surface area contributed by atoms with Crippen molar-refractivity contribution in [2.75, 3.05) is 0 Å². The lowest BCUT2D eigenvalue weighted by atomic mass is 9.79. The Morgan fingerprint density at radius 2 is 1.61 bits per heavy atom. The summed E-state index contributed by atoms with van der Waals surface area (Å²) < 4.78 is 46.8. The molecule has 4 aromatic rings. The maximum absolute atomic E-state index is 8.41. The van der Waals surface area contributed by atoms with Crippen LogP contribution in [0.2, 0.25) is 0 Å². The Bertz CT molecular complexity index is 1220. The minimum Gasteiger partial charge on any atom is -0.456 e. The molecule has 1 aromatic heterocycles. The fourth-order valence-electron chi connectivity index (χ4n) is 3.19. The molecule has 0 atom stereocenters. The van der Waals surface area contributed by atoms with E-state index in [1.54, 1.807) is 6.07 Å². The summed E-state index contributed by atoms with van der Waals surface area (Å²) in [7, 11) is 0. The Hall–Kier alpha value is -2.54. The minimum absolute atomic E-state index is 0.191. The topological polar surface area (TPSA) is 13.1 Å². The van der Waals surface area contributed by atoms with Gasteiger partial charge in [-0.05, 0) is 34.2 Å². The van der Waals surface area contributed by atoms with E-state index in [-0.39, 0.29) is 41.2 Å². The van der Waals surface area contributed by atoms with E-state index < -0.39 is 0 Å². The SMILES string of the molecule is [2H]c1c([2H])c([2H])c(-c2ccc3oc4ccccc4c3c2C(C)(C)C)c([2H])c1[2H]. The summed E-state index contributed by atoms with van der Waals surface area (Å²) in [4.78, 5) is 0. The van der Waals surface area contributed by atoms with Gasteiger partial charge in [-0.3, -0.25) is 0 Å². The molecule has 0 saturated heterocycles. The van der Waals surface area contributed by atoms with Crippen LogP contribution in [0, 0.1) is 0 Å². The molecule has 4 rings (SSSR count). The molecule has 0 amide bonds. The van der Waals surface area contributed by atoms with Gasteiger partial charge in [-0.15, -0.1) is 0 Å². The van der Waals surface area contributed by atoms with Crippen molar-refractivity contribution in [2.45, 2.75) is 26.2 Å². The molecule has 0 N–H and O–H groups in total. The molecule has 0 aliphatic carbocycles. The van der Waals surface area contributed by atoms with Crippen molar-refractivity contribution >= 4 is 21.9 Å². The predicted octanol–water partition coefficient (Wildman–Crippen LogP) is 6.55. The third kappa shape index (κ3) is 2.24. The second-order valence-electron chi connectivity index (χ2n) is 6.71. The molecule has 114 valence electrons. The molecule has 0 aliphatic heterocycles. The molecule has 0 unspecified atom stereocenters. The zero-order chi connectivity index (χ0) is 20.4. The molecule has 0 bridgehead atoms. The van der Waals surface area contributed by atoms with Gasteiger partial charge in [0.15, 0.2) is 0 Å². The van der Waals surface area contributed by atoms with Gasteiger partial charge in [0.1, 0.15) is 11.2 Å². The number of hydrogen-bond acceptors (Lipinski definition) is 1. The first kappa shape index (κ1) is 9.57. The fraction of sp³-hybridized carbons (Fsp3) is 0.182. The number of benzene rings is 3. The summed E-state index contributed by atoms with van der Waals surface area (Å²) >= 11 is 0. The van der Waals surface area contributed by atoms with E-state index in [0.717, 1.165) is 27.5 Å². The van der Waals surface area contributed by atoms with Crippen molar-refractivity contribution in [1.82, 2.24) is 0 Å². The van der Waals surface area contributed by atoms with E-state index in [4.69, 9.17) is 11.3 Å². The molecule has 0 fully saturated rings. The van der Waals surface area contributed by atoms with E-state index in [9.17, 15) is 0 Å². The number of hydrogen-bond donors (Lipinski definition) is 0. The lowest BCUT2D eigenvalue weighted by Crippen LogP contribution is -2.13. The number of para-hydroxylation sites is 1. The first-order valence-corrected chi connectivity index (χ1v) is 7.65. The van der Waals surface area contributed by atoms with Gasteiger partial charge in [0, 0.05) is 10.8 Å². The molecule has 0 aliphatic rings. The quantitative estimate of drug-likeness (QED) is 0.388. The highest BCUT2D eigenvalue weighted by Gasteiger charge is 2.24. The monoisotopic (exact) mass is 305 g/mol. The van der Waals surface area contributed by atoms with Gasteiger partial charge in [-0.25, -0.2) is 0 Å². The molecular weight excluding hydrogens is 280 g/mol. The molecule has 1 nitrogen and oxygen atoms in total. The van der Waals surface area contributed by atoms with E-state index in [1.807, 2.05) is 30.3 Å². The molecule has 1 heterocycles. The van der Waals surface area contributed by atoms with Crippen LogP contribution in [-0.4, -0.2) is 0 Å². The van der Waals surface area contributed by atoms with Crippen LogP contribution in [0.15, 0.2) is 71.0 Å². The standard InChI is InChI=1S/C22H20O/c1-22(2,3)21-16(15-9-5-4-6-10-15)13-14-19-20(21)17-11-7-8-12-18(17)23-19/h4-14H,1-3H3/i4D,5D,6D,9D,10D. The third-order valence-electron chi connectivity index (χ3n) is 4.06. The first-order chi connectivity index (χ1) is 13.1. The summed E-state index contributed by atoms with van der Waals surface area (Å²) in [5.74, 6) is 0. The Balaban J connectivity index is 2.23. The normalized spacial score (nSPS) is 15.2. The number of rotatable bonds is 1. The van der Waals surface area contributed by atoms with Gasteiger partial charge >= 0.3 is 0 Å². The van der Waals surface area contributed by atoms with Crippen LogP contribution in [0.5, 0.6) is 0 Å². The van der Waals surface area contributed by atoms with Crippen LogP contribution in [-0.2, 0) is 5.41 Å². The Labute approximate surface area is 143 Å². The van der Waals surface area contributed by atoms with Crippen molar-refractivity contribution in [2.24, 2.45) is 0 Å². The minimum atomic E-state index is -0.383. The maximum atomic E-state index is 8.41. The van der Waals surface area contributed by atoms with Gasteiger partial charge in [0.05, 0.1) is 6.85 Å². The van der Waals surface area contributed by atoms with E-state index in [1.165, 1.54) is 0 Å². The third-order valence-corrected chi connectivity index (χ3v) is 4.06. The first-order valence-electron chi connectivity index (χ1n) is 10.1. The lowest BCUT2D eigenvalue weighted by molar-refractivity contribution is 0.596. The average Bonchev–Trinajstić information content (AvgIpc) is 3.02. The van der Waals surface area contributed by atoms with Crippen molar-refractivity contribution in [3.05, 3.63) is 72.2 Å². The van der Waals surface area contributed by atoms with E-state index in [0.29, 0.717) is 5.56 Å². The molecule has 0 spiro atoms. The molecule has 23 heavy (non-hydrogen) atoms. The van der Waals surface area contributed by atoms with E-state index in [2.05, 4.69) is 20.8 Å². The van der Waals surface area contributed by atoms with Crippen molar-refractivity contribution in [3.63, 3.8) is 0 Å². The van der Waals surface area contributed by atoms with Crippen LogP contribution >= 0.6 is 0 Å². The highest BCUT2D eigenvalue weighted by molar-refractivity contribution is 6.09. The Morgan fingerprint density at radius 3 is 2.35 bits per heavy atom. The van der Waals surface area contributed by atoms with Crippen LogP contribution in [0.3, 0.4) is 0 Å². The summed E-state index contributed by atoms with van der Waals surface area (Å²) in [6, 6.07) is 9.96. The second-order valence-corrected chi connectivity index (χ2v) is 6.71. The Morgan fingerprint density at radius 1 is 0.870 bits per heavy atom. The lowest BCUT2D eigenvalue weighted by Gasteiger charge is -2.24. The van der Waals surface area contributed by atoms with E-state index >= 15 is 0 Å². The van der Waals surface area contributed by atoms with Crippen LogP contribution in [0.1, 0.15) is 33.2 Å². The Kier molecular flexibility index (Phi) is 2.07. The maximum Gasteiger partial charge on any atom is 0.135 e. The summed E-state index contributed by atoms with van der Waals surface area (Å²) in [5.41, 5.74) is 2.92. The zero-order valence-electron chi connectivity index (χ0n) is 18.4. The fourth-order valence-corrected chi connectivity index (χ4v) is 3.19. The molecule has 3 aromatic carbocycles. The van der Waals surface area contributed by atoms with Crippen LogP contribution < -0.4 is 0 Å². The van der Waals surface area contributed by atoms with Crippen LogP contribution in [0.25, 0.3) is 33.1 Å². The summed E-state index contributed by atoms with van der Waals surface area (Å²) in [5, 5.41) is 1.88. The van der Waals surface area contributed by atoms with Crippen molar-refractivity contribution in [3.8, 4) is 11.1 Å². The molecular formula is C22H20O. The summed E-state index contributed by atoms with van der Waals surface area (Å²) in [6.45, 7) is 6.17. The van der Waals surface area contributed by atoms with Gasteiger partial charge in [0.25, 0.3) is 0 Å². The highest BCUT2D eigenvalue weighted by Crippen LogP contribution is 2.42. The largest absolute Gasteiger partial charge is 0.456 e. The summed E-state index contributed by atoms with van der Waals surface area (Å²) in [6.07, 6.45) is 0. The highest BCUT2D eigenvalue weighted by atomic mass is 16.3. The average molecular weight is 305 g/mol. The van der Waals surface area contributed by atoms with Gasteiger partial charge in [0.2, 0.25) is 0 Å². The predicted molar refractivity (Wildman–Crippen MR) is 97.9 cm³/mol. The van der Waals surface area contributed by atoms with Crippen molar-refractivity contribution < 1.29 is 11.3 Å². The van der Waals surface area contributed by atoms with Crippen molar-refractivity contribution in [1.29, 1.82) is 0 Å². The van der Waals surface area contributed by atoms with Gasteiger partial charge < -0.3 is 4.42 Å². The smallest absolute Gasteiger partial charge is 0.135 e. The number of fused-ring (bicyclic) bond motifs is 3. The van der Waals surface area contributed by atoms with Gasteiger partial charge in [-0.2, -0.15) is 0 Å². The number of furan rings is 1. The molecule has 0 saturated carbocycles. The second kappa shape index (κ2) is 4.99.